The summed E-state index contributed by atoms with van der Waals surface area (Å²) in [5.74, 6) is 0.414. The summed E-state index contributed by atoms with van der Waals surface area (Å²) in [7, 11) is 0. The molecule has 0 spiro atoms. The number of fused-ring (bicyclic) bond motifs is 8. The van der Waals surface area contributed by atoms with E-state index in [-0.39, 0.29) is 0 Å². The molecule has 4 heteroatoms. The van der Waals surface area contributed by atoms with Gasteiger partial charge >= 0.3 is 0 Å². The van der Waals surface area contributed by atoms with Crippen LogP contribution in [0.4, 0.5) is 0 Å². The zero-order valence-electron chi connectivity index (χ0n) is 23.6. The van der Waals surface area contributed by atoms with Crippen LogP contribution in [0, 0.1) is 6.92 Å². The average Bonchev–Trinajstić information content (AvgIpc) is 3.65. The standard InChI is InChI=1S/C38H27N3S/c1-21(2)29-19-25(16-23-10-4-5-11-26(23)29)35-38-36(40-20-39-35)34(22(3)42-38)24-17-30-27-12-6-8-14-32(27)41-33-15-9-7-13-28(33)31(18-24)37(30)41/h4-21H,1-3H3. The third-order valence-electron chi connectivity index (χ3n) is 8.93. The molecule has 0 bridgehead atoms. The molecule has 0 saturated heterocycles. The zero-order chi connectivity index (χ0) is 28.1. The van der Waals surface area contributed by atoms with Gasteiger partial charge < -0.3 is 4.40 Å². The lowest BCUT2D eigenvalue weighted by atomic mass is 9.92. The van der Waals surface area contributed by atoms with Crippen molar-refractivity contribution in [2.75, 3.05) is 0 Å². The van der Waals surface area contributed by atoms with E-state index in [0.29, 0.717) is 5.92 Å². The van der Waals surface area contributed by atoms with Gasteiger partial charge in [-0.1, -0.05) is 74.5 Å². The number of rotatable bonds is 3. The van der Waals surface area contributed by atoms with Gasteiger partial charge in [-0.15, -0.1) is 11.3 Å². The second-order valence-electron chi connectivity index (χ2n) is 11.7. The van der Waals surface area contributed by atoms with Crippen molar-refractivity contribution >= 4 is 70.4 Å². The lowest BCUT2D eigenvalue weighted by Gasteiger charge is -2.13. The van der Waals surface area contributed by atoms with E-state index in [1.54, 1.807) is 6.33 Å². The summed E-state index contributed by atoms with van der Waals surface area (Å²) in [6.45, 7) is 6.76. The van der Waals surface area contributed by atoms with Gasteiger partial charge in [0.05, 0.1) is 32.5 Å². The minimum Gasteiger partial charge on any atom is -0.308 e. The molecular formula is C38H27N3S. The van der Waals surface area contributed by atoms with Crippen molar-refractivity contribution in [2.24, 2.45) is 0 Å². The lowest BCUT2D eigenvalue weighted by molar-refractivity contribution is 0.876. The van der Waals surface area contributed by atoms with Crippen molar-refractivity contribution in [3.05, 3.63) is 114 Å². The quantitative estimate of drug-likeness (QED) is 0.216. The summed E-state index contributed by atoms with van der Waals surface area (Å²) in [4.78, 5) is 11.1. The van der Waals surface area contributed by atoms with Crippen LogP contribution in [0.15, 0.2) is 103 Å². The van der Waals surface area contributed by atoms with Crippen LogP contribution in [0.2, 0.25) is 0 Å². The van der Waals surface area contributed by atoms with Crippen molar-refractivity contribution in [1.29, 1.82) is 0 Å². The normalized spacial score (nSPS) is 12.4. The summed E-state index contributed by atoms with van der Waals surface area (Å²) in [5, 5.41) is 7.72. The van der Waals surface area contributed by atoms with E-state index >= 15 is 0 Å². The molecule has 200 valence electrons. The van der Waals surface area contributed by atoms with Gasteiger partial charge in [-0.2, -0.15) is 0 Å². The SMILES string of the molecule is Cc1sc2c(-c3cc(C(C)C)c4ccccc4c3)ncnc2c1-c1cc2c3ccccc3n3c4ccccc4c(c1)c23. The first-order chi connectivity index (χ1) is 20.6. The van der Waals surface area contributed by atoms with Gasteiger partial charge in [-0.05, 0) is 71.1 Å². The summed E-state index contributed by atoms with van der Waals surface area (Å²) in [6.07, 6.45) is 1.75. The third-order valence-corrected chi connectivity index (χ3v) is 10.0. The minimum absolute atomic E-state index is 0.414. The lowest BCUT2D eigenvalue weighted by Crippen LogP contribution is -1.93. The number of para-hydroxylation sites is 2. The Kier molecular flexibility index (Phi) is 4.89. The first-order valence-electron chi connectivity index (χ1n) is 14.5. The minimum atomic E-state index is 0.414. The van der Waals surface area contributed by atoms with Gasteiger partial charge in [0.2, 0.25) is 0 Å². The fraction of sp³-hybridized carbons (Fsp3) is 0.105. The molecule has 0 fully saturated rings. The van der Waals surface area contributed by atoms with Crippen LogP contribution >= 0.6 is 11.3 Å². The summed E-state index contributed by atoms with van der Waals surface area (Å²) >= 11 is 1.81. The number of hydrogen-bond donors (Lipinski definition) is 0. The molecule has 0 saturated carbocycles. The van der Waals surface area contributed by atoms with Crippen LogP contribution in [0.25, 0.3) is 81.5 Å². The highest BCUT2D eigenvalue weighted by Gasteiger charge is 2.22. The second-order valence-corrected chi connectivity index (χ2v) is 12.9. The van der Waals surface area contributed by atoms with Gasteiger partial charge in [0.15, 0.2) is 0 Å². The zero-order valence-corrected chi connectivity index (χ0v) is 24.5. The van der Waals surface area contributed by atoms with Gasteiger partial charge in [0, 0.05) is 37.5 Å². The molecule has 0 aliphatic heterocycles. The van der Waals surface area contributed by atoms with Gasteiger partial charge in [0.25, 0.3) is 0 Å². The number of thiophene rings is 1. The fourth-order valence-corrected chi connectivity index (χ4v) is 8.25. The Hall–Kier alpha value is -4.80. The maximum absolute atomic E-state index is 4.92. The molecule has 0 unspecified atom stereocenters. The molecule has 0 radical (unpaired) electrons. The van der Waals surface area contributed by atoms with Gasteiger partial charge in [-0.3, -0.25) is 0 Å². The Balaban J connectivity index is 1.34. The largest absolute Gasteiger partial charge is 0.308 e. The predicted molar refractivity (Wildman–Crippen MR) is 179 cm³/mol. The molecule has 4 aromatic heterocycles. The molecule has 9 rings (SSSR count). The van der Waals surface area contributed by atoms with Crippen LogP contribution in [-0.2, 0) is 0 Å². The predicted octanol–water partition coefficient (Wildman–Crippen LogP) is 10.8. The highest BCUT2D eigenvalue weighted by Crippen LogP contribution is 2.46. The van der Waals surface area contributed by atoms with E-state index in [9.17, 15) is 0 Å². The molecule has 0 atom stereocenters. The first kappa shape index (κ1) is 23.9. The number of aryl methyl sites for hydroxylation is 1. The molecule has 0 N–H and O–H groups in total. The Morgan fingerprint density at radius 2 is 1.31 bits per heavy atom. The van der Waals surface area contributed by atoms with E-state index in [4.69, 9.17) is 9.97 Å². The Morgan fingerprint density at radius 3 is 2.00 bits per heavy atom. The van der Waals surface area contributed by atoms with E-state index in [1.165, 1.54) is 70.4 Å². The Labute approximate surface area is 247 Å². The second kappa shape index (κ2) is 8.60. The molecule has 3 nitrogen and oxygen atoms in total. The third kappa shape index (κ3) is 3.16. The van der Waals surface area contributed by atoms with Gasteiger partial charge in [-0.25, -0.2) is 9.97 Å². The number of hydrogen-bond acceptors (Lipinski definition) is 3. The Morgan fingerprint density at radius 1 is 0.667 bits per heavy atom. The van der Waals surface area contributed by atoms with Crippen molar-refractivity contribution in [3.8, 4) is 22.4 Å². The molecule has 0 aliphatic carbocycles. The van der Waals surface area contributed by atoms with Crippen LogP contribution in [-0.4, -0.2) is 14.4 Å². The van der Waals surface area contributed by atoms with Crippen molar-refractivity contribution in [2.45, 2.75) is 26.7 Å². The topological polar surface area (TPSA) is 30.2 Å². The molecule has 42 heavy (non-hydrogen) atoms. The fourth-order valence-electron chi connectivity index (χ4n) is 7.11. The smallest absolute Gasteiger partial charge is 0.116 e. The van der Waals surface area contributed by atoms with E-state index in [0.717, 1.165) is 21.5 Å². The monoisotopic (exact) mass is 557 g/mol. The number of nitrogens with zero attached hydrogens (tertiary/aromatic N) is 3. The molecule has 9 aromatic rings. The number of aromatic nitrogens is 3. The van der Waals surface area contributed by atoms with Gasteiger partial charge in [0.1, 0.15) is 6.33 Å². The van der Waals surface area contributed by atoms with E-state index < -0.39 is 0 Å². The molecule has 0 aliphatic rings. The molecular weight excluding hydrogens is 531 g/mol. The van der Waals surface area contributed by atoms with Crippen LogP contribution in [0.1, 0.15) is 30.2 Å². The van der Waals surface area contributed by atoms with Crippen molar-refractivity contribution in [3.63, 3.8) is 0 Å². The maximum Gasteiger partial charge on any atom is 0.116 e. The van der Waals surface area contributed by atoms with Crippen molar-refractivity contribution < 1.29 is 0 Å². The molecule has 4 heterocycles. The van der Waals surface area contributed by atoms with Crippen LogP contribution in [0.5, 0.6) is 0 Å². The van der Waals surface area contributed by atoms with Crippen LogP contribution in [0.3, 0.4) is 0 Å². The summed E-state index contributed by atoms with van der Waals surface area (Å²) in [6, 6.07) is 35.6. The highest BCUT2D eigenvalue weighted by atomic mass is 32.1. The van der Waals surface area contributed by atoms with Crippen LogP contribution < -0.4 is 0 Å². The highest BCUT2D eigenvalue weighted by molar-refractivity contribution is 7.20. The Bertz CT molecular complexity index is 2430. The molecule has 5 aromatic carbocycles. The first-order valence-corrected chi connectivity index (χ1v) is 15.3. The van der Waals surface area contributed by atoms with E-state index in [1.807, 2.05) is 11.3 Å². The summed E-state index contributed by atoms with van der Waals surface area (Å²) in [5.41, 5.74) is 10.8. The average molecular weight is 558 g/mol. The molecule has 0 amide bonds. The van der Waals surface area contributed by atoms with E-state index in [2.05, 4.69) is 122 Å². The van der Waals surface area contributed by atoms with Crippen molar-refractivity contribution in [1.82, 2.24) is 14.4 Å². The summed E-state index contributed by atoms with van der Waals surface area (Å²) < 4.78 is 3.58. The number of benzene rings is 5. The maximum atomic E-state index is 4.92.